The zero-order valence-corrected chi connectivity index (χ0v) is 17.6. The number of pyridine rings is 1. The molecule has 2 aliphatic rings. The third-order valence-electron chi connectivity index (χ3n) is 6.90. The van der Waals surface area contributed by atoms with E-state index < -0.39 is 17.5 Å². The van der Waals surface area contributed by atoms with Gasteiger partial charge in [0, 0.05) is 48.1 Å². The fraction of sp³-hybridized carbons (Fsp3) is 0.375. The van der Waals surface area contributed by atoms with Crippen LogP contribution in [0.2, 0.25) is 0 Å². The third-order valence-corrected chi connectivity index (χ3v) is 6.90. The Kier molecular flexibility index (Phi) is 5.33. The van der Waals surface area contributed by atoms with E-state index in [0.29, 0.717) is 23.7 Å². The summed E-state index contributed by atoms with van der Waals surface area (Å²) in [7, 11) is 0. The van der Waals surface area contributed by atoms with Gasteiger partial charge < -0.3 is 10.6 Å². The molecule has 5 atom stereocenters. The normalized spacial score (nSPS) is 25.7. The number of aromatic nitrogens is 3. The quantitative estimate of drug-likeness (QED) is 0.614. The lowest BCUT2D eigenvalue weighted by molar-refractivity contribution is 0.380. The van der Waals surface area contributed by atoms with E-state index in [4.69, 9.17) is 5.73 Å². The van der Waals surface area contributed by atoms with Crippen molar-refractivity contribution < 1.29 is 13.2 Å². The smallest absolute Gasteiger partial charge is 0.168 e. The predicted molar refractivity (Wildman–Crippen MR) is 115 cm³/mol. The largest absolute Gasteiger partial charge is 0.351 e. The second-order valence-electron chi connectivity index (χ2n) is 8.87. The predicted octanol–water partition coefficient (Wildman–Crippen LogP) is 4.30. The topological polar surface area (TPSA) is 67.9 Å². The van der Waals surface area contributed by atoms with E-state index in [9.17, 15) is 13.2 Å². The number of nitrogens with two attached hydrogens (primary N) is 1. The van der Waals surface area contributed by atoms with E-state index in [1.165, 1.54) is 0 Å². The van der Waals surface area contributed by atoms with Gasteiger partial charge in [0.25, 0.3) is 0 Å². The van der Waals surface area contributed by atoms with Crippen molar-refractivity contribution in [2.75, 3.05) is 11.4 Å². The maximum atomic E-state index is 14.2. The van der Waals surface area contributed by atoms with Gasteiger partial charge in [-0.3, -0.25) is 4.98 Å². The van der Waals surface area contributed by atoms with Crippen molar-refractivity contribution in [3.8, 4) is 11.3 Å². The van der Waals surface area contributed by atoms with Crippen LogP contribution in [0.3, 0.4) is 0 Å². The van der Waals surface area contributed by atoms with E-state index in [0.717, 1.165) is 31.1 Å². The molecule has 0 bridgehead atoms. The van der Waals surface area contributed by atoms with Crippen LogP contribution in [-0.4, -0.2) is 33.8 Å². The Labute approximate surface area is 184 Å². The Morgan fingerprint density at radius 2 is 1.91 bits per heavy atom. The van der Waals surface area contributed by atoms with Crippen LogP contribution >= 0.6 is 0 Å². The molecule has 2 aromatic heterocycles. The van der Waals surface area contributed by atoms with Crippen molar-refractivity contribution in [3.63, 3.8) is 0 Å². The molecular weight excluding hydrogens is 415 g/mol. The minimum atomic E-state index is -1.25. The molecule has 5 nitrogen and oxygen atoms in total. The third kappa shape index (κ3) is 3.62. The van der Waals surface area contributed by atoms with E-state index >= 15 is 0 Å². The highest BCUT2D eigenvalue weighted by Gasteiger charge is 2.49. The van der Waals surface area contributed by atoms with Crippen LogP contribution in [0.4, 0.5) is 19.0 Å². The van der Waals surface area contributed by atoms with Gasteiger partial charge in [0.15, 0.2) is 17.5 Å². The number of benzene rings is 1. The molecule has 1 aliphatic heterocycles. The van der Waals surface area contributed by atoms with Gasteiger partial charge in [-0.1, -0.05) is 13.0 Å². The molecule has 1 saturated heterocycles. The van der Waals surface area contributed by atoms with Crippen molar-refractivity contribution in [3.05, 3.63) is 71.8 Å². The first-order valence-corrected chi connectivity index (χ1v) is 10.8. The van der Waals surface area contributed by atoms with E-state index in [2.05, 4.69) is 27.0 Å². The maximum Gasteiger partial charge on any atom is 0.168 e. The number of hydrogen-bond donors (Lipinski definition) is 1. The molecule has 4 unspecified atom stereocenters. The highest BCUT2D eigenvalue weighted by Crippen LogP contribution is 2.47. The molecule has 166 valence electrons. The SMILES string of the molecule is C[C@H](c1ccccn1)C1C2CC(N)CC2CN1c1ccc(-c2cc(F)cc(F)c2F)nn1. The summed E-state index contributed by atoms with van der Waals surface area (Å²) in [5.41, 5.74) is 7.12. The van der Waals surface area contributed by atoms with Crippen molar-refractivity contribution >= 4 is 5.82 Å². The number of nitrogens with zero attached hydrogens (tertiary/aromatic N) is 4. The van der Waals surface area contributed by atoms with Crippen molar-refractivity contribution in [2.45, 2.75) is 37.8 Å². The molecule has 32 heavy (non-hydrogen) atoms. The molecule has 8 heteroatoms. The summed E-state index contributed by atoms with van der Waals surface area (Å²) < 4.78 is 41.4. The van der Waals surface area contributed by atoms with Gasteiger partial charge in [-0.2, -0.15) is 0 Å². The fourth-order valence-corrected chi connectivity index (χ4v) is 5.51. The first-order chi connectivity index (χ1) is 15.4. The van der Waals surface area contributed by atoms with Crippen LogP contribution in [-0.2, 0) is 0 Å². The standard InChI is InChI=1S/C24H24F3N5/c1-13(20-4-2-3-7-29-20)24-17-11-16(28)8-14(17)12-32(24)22-6-5-21(30-31-22)18-9-15(25)10-19(26)23(18)27/h2-7,9-10,13-14,16-17,24H,8,11-12,28H2,1H3/t13-,14?,16?,17?,24?/m1/s1. The van der Waals surface area contributed by atoms with Crippen LogP contribution in [0.25, 0.3) is 11.3 Å². The molecule has 1 saturated carbocycles. The van der Waals surface area contributed by atoms with Crippen molar-refractivity contribution in [1.82, 2.24) is 15.2 Å². The maximum absolute atomic E-state index is 14.2. The molecule has 2 N–H and O–H groups in total. The van der Waals surface area contributed by atoms with Crippen molar-refractivity contribution in [1.29, 1.82) is 0 Å². The van der Waals surface area contributed by atoms with Gasteiger partial charge in [0.1, 0.15) is 5.82 Å². The average molecular weight is 439 g/mol. The first kappa shape index (κ1) is 20.9. The Hall–Kier alpha value is -3.00. The van der Waals surface area contributed by atoms with Gasteiger partial charge in [-0.05, 0) is 55.0 Å². The Morgan fingerprint density at radius 1 is 1.06 bits per heavy atom. The minimum Gasteiger partial charge on any atom is -0.351 e. The summed E-state index contributed by atoms with van der Waals surface area (Å²) in [6.07, 6.45) is 3.71. The zero-order valence-electron chi connectivity index (χ0n) is 17.6. The fourth-order valence-electron chi connectivity index (χ4n) is 5.51. The summed E-state index contributed by atoms with van der Waals surface area (Å²) in [5.74, 6) is -1.58. The first-order valence-electron chi connectivity index (χ1n) is 10.8. The Balaban J connectivity index is 1.48. The number of anilines is 1. The van der Waals surface area contributed by atoms with Crippen LogP contribution in [0.1, 0.15) is 31.4 Å². The van der Waals surface area contributed by atoms with Gasteiger partial charge in [0.2, 0.25) is 0 Å². The van der Waals surface area contributed by atoms with E-state index in [1.54, 1.807) is 18.3 Å². The molecular formula is C24H24F3N5. The zero-order chi connectivity index (χ0) is 22.4. The Morgan fingerprint density at radius 3 is 2.62 bits per heavy atom. The number of hydrogen-bond acceptors (Lipinski definition) is 5. The second kappa shape index (κ2) is 8.16. The van der Waals surface area contributed by atoms with Crippen LogP contribution < -0.4 is 10.6 Å². The number of halogens is 3. The van der Waals surface area contributed by atoms with Crippen molar-refractivity contribution in [2.24, 2.45) is 17.6 Å². The van der Waals surface area contributed by atoms with Gasteiger partial charge >= 0.3 is 0 Å². The van der Waals surface area contributed by atoms with Crippen LogP contribution in [0.15, 0.2) is 48.7 Å². The summed E-state index contributed by atoms with van der Waals surface area (Å²) in [6.45, 7) is 2.97. The molecule has 2 fully saturated rings. The summed E-state index contributed by atoms with van der Waals surface area (Å²) in [6, 6.07) is 11.0. The highest BCUT2D eigenvalue weighted by molar-refractivity contribution is 5.61. The lowest BCUT2D eigenvalue weighted by atomic mass is 9.84. The molecule has 3 aromatic rings. The molecule has 5 rings (SSSR count). The highest BCUT2D eigenvalue weighted by atomic mass is 19.2. The molecule has 1 aliphatic carbocycles. The molecule has 0 amide bonds. The minimum absolute atomic E-state index is 0.0837. The van der Waals surface area contributed by atoms with E-state index in [-0.39, 0.29) is 29.3 Å². The van der Waals surface area contributed by atoms with E-state index in [1.807, 2.05) is 18.2 Å². The molecule has 1 aromatic carbocycles. The number of fused-ring (bicyclic) bond motifs is 1. The molecule has 3 heterocycles. The van der Waals surface area contributed by atoms with Crippen LogP contribution in [0, 0.1) is 29.3 Å². The average Bonchev–Trinajstić information content (AvgIpc) is 3.32. The number of rotatable bonds is 4. The second-order valence-corrected chi connectivity index (χ2v) is 8.87. The lowest BCUT2D eigenvalue weighted by Gasteiger charge is -2.33. The van der Waals surface area contributed by atoms with Gasteiger partial charge in [-0.15, -0.1) is 10.2 Å². The molecule has 0 radical (unpaired) electrons. The lowest BCUT2D eigenvalue weighted by Crippen LogP contribution is -2.39. The Bertz CT molecular complexity index is 1110. The summed E-state index contributed by atoms with van der Waals surface area (Å²) in [5, 5.41) is 8.43. The van der Waals surface area contributed by atoms with Gasteiger partial charge in [-0.25, -0.2) is 13.2 Å². The summed E-state index contributed by atoms with van der Waals surface area (Å²) in [4.78, 5) is 6.79. The monoisotopic (exact) mass is 439 g/mol. The van der Waals surface area contributed by atoms with Crippen LogP contribution in [0.5, 0.6) is 0 Å². The molecule has 0 spiro atoms. The summed E-state index contributed by atoms with van der Waals surface area (Å²) >= 11 is 0. The van der Waals surface area contributed by atoms with Gasteiger partial charge in [0.05, 0.1) is 5.69 Å².